The number of hydrogen-bond acceptors (Lipinski definition) is 3. The highest BCUT2D eigenvalue weighted by atomic mass is 35.5. The first kappa shape index (κ1) is 13.7. The lowest BCUT2D eigenvalue weighted by Crippen LogP contribution is -2.31. The number of carbonyl (C=O) groups excluding carboxylic acids is 2. The second-order valence-electron chi connectivity index (χ2n) is 3.92. The Morgan fingerprint density at radius 1 is 1.41 bits per heavy atom. The topological polar surface area (TPSA) is 63.4 Å². The van der Waals surface area contributed by atoms with Crippen LogP contribution in [0.15, 0.2) is 18.2 Å². The standard InChI is InChI=1S/C12H14N2O2.ClH/c1-14-10-4-2-9(11(15)7-13)6-8(10)3-5-12(14)16;/h2,4,6H,3,5,7,13H2,1H3;1H. The maximum Gasteiger partial charge on any atom is 0.227 e. The third kappa shape index (κ3) is 2.48. The van der Waals surface area contributed by atoms with Crippen molar-refractivity contribution in [3.8, 4) is 0 Å². The summed E-state index contributed by atoms with van der Waals surface area (Å²) in [5.41, 5.74) is 7.88. The molecule has 0 radical (unpaired) electrons. The van der Waals surface area contributed by atoms with Crippen LogP contribution >= 0.6 is 12.4 Å². The Morgan fingerprint density at radius 2 is 2.12 bits per heavy atom. The van der Waals surface area contributed by atoms with Gasteiger partial charge in [-0.25, -0.2) is 0 Å². The molecule has 17 heavy (non-hydrogen) atoms. The van der Waals surface area contributed by atoms with Gasteiger partial charge in [-0.1, -0.05) is 0 Å². The second-order valence-corrected chi connectivity index (χ2v) is 3.92. The van der Waals surface area contributed by atoms with Gasteiger partial charge in [-0.2, -0.15) is 0 Å². The zero-order chi connectivity index (χ0) is 11.7. The predicted molar refractivity (Wildman–Crippen MR) is 68.8 cm³/mol. The van der Waals surface area contributed by atoms with E-state index in [1.807, 2.05) is 12.1 Å². The second kappa shape index (κ2) is 5.29. The van der Waals surface area contributed by atoms with Gasteiger partial charge in [-0.05, 0) is 30.2 Å². The van der Waals surface area contributed by atoms with Gasteiger partial charge >= 0.3 is 0 Å². The van der Waals surface area contributed by atoms with E-state index in [0.29, 0.717) is 18.4 Å². The minimum atomic E-state index is -0.0673. The lowest BCUT2D eigenvalue weighted by atomic mass is 9.98. The molecule has 0 spiro atoms. The molecule has 1 aliphatic heterocycles. The molecule has 0 atom stereocenters. The van der Waals surface area contributed by atoms with Crippen LogP contribution in [0.25, 0.3) is 0 Å². The van der Waals surface area contributed by atoms with E-state index in [4.69, 9.17) is 5.73 Å². The number of hydrogen-bond donors (Lipinski definition) is 1. The van der Waals surface area contributed by atoms with Crippen molar-refractivity contribution in [2.45, 2.75) is 12.8 Å². The number of Topliss-reactive ketones (excluding diaryl/α,β-unsaturated/α-hetero) is 1. The summed E-state index contributed by atoms with van der Waals surface area (Å²) in [6, 6.07) is 5.38. The number of ketones is 1. The molecule has 1 heterocycles. The van der Waals surface area contributed by atoms with Crippen LogP contribution in [0.2, 0.25) is 0 Å². The fourth-order valence-corrected chi connectivity index (χ4v) is 1.95. The van der Waals surface area contributed by atoms with Crippen molar-refractivity contribution in [1.29, 1.82) is 0 Å². The number of aryl methyl sites for hydroxylation is 1. The molecule has 0 saturated carbocycles. The molecule has 1 amide bonds. The average Bonchev–Trinajstić information content (AvgIpc) is 2.32. The molecule has 92 valence electrons. The number of benzene rings is 1. The van der Waals surface area contributed by atoms with E-state index in [9.17, 15) is 9.59 Å². The Hall–Kier alpha value is -1.39. The lowest BCUT2D eigenvalue weighted by molar-refractivity contribution is -0.118. The highest BCUT2D eigenvalue weighted by molar-refractivity contribution is 6.00. The normalized spacial score (nSPS) is 14.0. The molecule has 1 aromatic carbocycles. The summed E-state index contributed by atoms with van der Waals surface area (Å²) < 4.78 is 0. The molecule has 0 saturated heterocycles. The lowest BCUT2D eigenvalue weighted by Gasteiger charge is -2.25. The fourth-order valence-electron chi connectivity index (χ4n) is 1.95. The van der Waals surface area contributed by atoms with Gasteiger partial charge in [0.15, 0.2) is 5.78 Å². The Bertz CT molecular complexity index is 460. The largest absolute Gasteiger partial charge is 0.324 e. The highest BCUT2D eigenvalue weighted by Gasteiger charge is 2.21. The summed E-state index contributed by atoms with van der Waals surface area (Å²) in [5, 5.41) is 0. The van der Waals surface area contributed by atoms with Crippen LogP contribution in [0.3, 0.4) is 0 Å². The highest BCUT2D eigenvalue weighted by Crippen LogP contribution is 2.27. The number of rotatable bonds is 2. The maximum absolute atomic E-state index is 11.5. The summed E-state index contributed by atoms with van der Waals surface area (Å²) >= 11 is 0. The van der Waals surface area contributed by atoms with Crippen molar-refractivity contribution in [2.24, 2.45) is 5.73 Å². The minimum absolute atomic E-state index is 0. The van der Waals surface area contributed by atoms with Crippen LogP contribution in [0.1, 0.15) is 22.3 Å². The van der Waals surface area contributed by atoms with E-state index < -0.39 is 0 Å². The first-order chi connectivity index (χ1) is 7.63. The number of nitrogens with two attached hydrogens (primary N) is 1. The molecule has 2 N–H and O–H groups in total. The SMILES string of the molecule is CN1C(=O)CCc2cc(C(=O)CN)ccc21.Cl. The van der Waals surface area contributed by atoms with Crippen molar-refractivity contribution < 1.29 is 9.59 Å². The Kier molecular flexibility index (Phi) is 4.26. The molecule has 1 aromatic rings. The Morgan fingerprint density at radius 3 is 2.76 bits per heavy atom. The van der Waals surface area contributed by atoms with Crippen molar-refractivity contribution in [1.82, 2.24) is 0 Å². The van der Waals surface area contributed by atoms with Gasteiger partial charge in [0, 0.05) is 24.7 Å². The van der Waals surface area contributed by atoms with Gasteiger partial charge in [0.05, 0.1) is 6.54 Å². The summed E-state index contributed by atoms with van der Waals surface area (Å²) in [6.45, 7) is 0.0214. The van der Waals surface area contributed by atoms with Gasteiger partial charge in [-0.3, -0.25) is 9.59 Å². The van der Waals surface area contributed by atoms with Crippen LogP contribution in [-0.4, -0.2) is 25.3 Å². The molecule has 0 aliphatic carbocycles. The number of nitrogens with zero attached hydrogens (tertiary/aromatic N) is 1. The van der Waals surface area contributed by atoms with Crippen LogP contribution in [0.5, 0.6) is 0 Å². The minimum Gasteiger partial charge on any atom is -0.324 e. The zero-order valence-corrected chi connectivity index (χ0v) is 10.4. The number of anilines is 1. The van der Waals surface area contributed by atoms with Crippen molar-refractivity contribution in [3.05, 3.63) is 29.3 Å². The van der Waals surface area contributed by atoms with Gasteiger partial charge in [0.1, 0.15) is 0 Å². The van der Waals surface area contributed by atoms with E-state index >= 15 is 0 Å². The number of fused-ring (bicyclic) bond motifs is 1. The number of amides is 1. The van der Waals surface area contributed by atoms with Crippen molar-refractivity contribution >= 4 is 29.8 Å². The third-order valence-corrected chi connectivity index (χ3v) is 2.93. The summed E-state index contributed by atoms with van der Waals surface area (Å²) in [5.74, 6) is 0.0488. The summed E-state index contributed by atoms with van der Waals surface area (Å²) in [4.78, 5) is 24.5. The Balaban J connectivity index is 0.00000144. The predicted octanol–water partition coefficient (Wildman–Crippen LogP) is 1.16. The number of carbonyl (C=O) groups is 2. The first-order valence-corrected chi connectivity index (χ1v) is 5.26. The van der Waals surface area contributed by atoms with E-state index in [-0.39, 0.29) is 30.6 Å². The van der Waals surface area contributed by atoms with Gasteiger partial charge in [-0.15, -0.1) is 12.4 Å². The van der Waals surface area contributed by atoms with Crippen LogP contribution in [-0.2, 0) is 11.2 Å². The molecule has 4 nitrogen and oxygen atoms in total. The summed E-state index contributed by atoms with van der Waals surface area (Å²) in [6.07, 6.45) is 1.20. The molecular weight excluding hydrogens is 240 g/mol. The molecule has 0 bridgehead atoms. The van der Waals surface area contributed by atoms with Crippen LogP contribution < -0.4 is 10.6 Å². The van der Waals surface area contributed by atoms with Crippen molar-refractivity contribution in [2.75, 3.05) is 18.5 Å². The molecular formula is C12H15ClN2O2. The van der Waals surface area contributed by atoms with E-state index in [0.717, 1.165) is 11.3 Å². The van der Waals surface area contributed by atoms with E-state index in [2.05, 4.69) is 0 Å². The zero-order valence-electron chi connectivity index (χ0n) is 9.60. The first-order valence-electron chi connectivity index (χ1n) is 5.26. The molecule has 5 heteroatoms. The fraction of sp³-hybridized carbons (Fsp3) is 0.333. The third-order valence-electron chi connectivity index (χ3n) is 2.93. The smallest absolute Gasteiger partial charge is 0.227 e. The van der Waals surface area contributed by atoms with Gasteiger partial charge in [0.2, 0.25) is 5.91 Å². The molecule has 0 unspecified atom stereocenters. The molecule has 1 aliphatic rings. The monoisotopic (exact) mass is 254 g/mol. The van der Waals surface area contributed by atoms with E-state index in [1.165, 1.54) is 0 Å². The van der Waals surface area contributed by atoms with Gasteiger partial charge in [0.25, 0.3) is 0 Å². The van der Waals surface area contributed by atoms with Crippen LogP contribution in [0, 0.1) is 0 Å². The average molecular weight is 255 g/mol. The van der Waals surface area contributed by atoms with E-state index in [1.54, 1.807) is 18.0 Å². The van der Waals surface area contributed by atoms with Gasteiger partial charge < -0.3 is 10.6 Å². The quantitative estimate of drug-likeness (QED) is 0.806. The molecule has 0 fully saturated rings. The number of halogens is 1. The maximum atomic E-state index is 11.5. The van der Waals surface area contributed by atoms with Crippen molar-refractivity contribution in [3.63, 3.8) is 0 Å². The summed E-state index contributed by atoms with van der Waals surface area (Å²) in [7, 11) is 1.75. The Labute approximate surface area is 106 Å². The molecule has 0 aromatic heterocycles. The molecule has 2 rings (SSSR count). The van der Waals surface area contributed by atoms with Crippen LogP contribution in [0.4, 0.5) is 5.69 Å².